The Kier molecular flexibility index (Phi) is 4.40. The van der Waals surface area contributed by atoms with Gasteiger partial charge in [-0.25, -0.2) is 0 Å². The number of benzene rings is 3. The monoisotopic (exact) mass is 335 g/mol. The van der Waals surface area contributed by atoms with Crippen LogP contribution in [-0.2, 0) is 6.54 Å². The molecule has 1 aliphatic rings. The lowest BCUT2D eigenvalue weighted by Crippen LogP contribution is -2.02. The Balaban J connectivity index is 1.35. The fourth-order valence-corrected chi connectivity index (χ4v) is 3.28. The Hall–Kier alpha value is -2.43. The van der Waals surface area contributed by atoms with Crippen molar-refractivity contribution < 1.29 is 9.47 Å². The molecule has 3 nitrogen and oxygen atoms in total. The van der Waals surface area contributed by atoms with Crippen molar-refractivity contribution in [2.24, 2.45) is 0 Å². The van der Waals surface area contributed by atoms with Crippen LogP contribution in [0.25, 0.3) is 11.1 Å². The molecule has 24 heavy (non-hydrogen) atoms. The van der Waals surface area contributed by atoms with Crippen molar-refractivity contribution in [3.63, 3.8) is 0 Å². The summed E-state index contributed by atoms with van der Waals surface area (Å²) in [4.78, 5) is 1.19. The predicted octanol–water partition coefficient (Wildman–Crippen LogP) is 4.88. The molecule has 0 saturated carbocycles. The van der Waals surface area contributed by atoms with E-state index >= 15 is 0 Å². The lowest BCUT2D eigenvalue weighted by Gasteiger charge is -2.07. The summed E-state index contributed by atoms with van der Waals surface area (Å²) in [5, 5.41) is 0. The first kappa shape index (κ1) is 15.1. The van der Waals surface area contributed by atoms with Crippen LogP contribution in [0.2, 0.25) is 0 Å². The highest BCUT2D eigenvalue weighted by Gasteiger charge is 2.12. The minimum absolute atomic E-state index is 0.314. The fourth-order valence-electron chi connectivity index (χ4n) is 2.60. The van der Waals surface area contributed by atoms with E-state index in [0.717, 1.165) is 18.0 Å². The molecule has 0 amide bonds. The third-order valence-electron chi connectivity index (χ3n) is 3.86. The Bertz CT molecular complexity index is 819. The van der Waals surface area contributed by atoms with E-state index in [4.69, 9.17) is 9.47 Å². The highest BCUT2D eigenvalue weighted by atomic mass is 32.2. The van der Waals surface area contributed by atoms with Gasteiger partial charge in [0.05, 0.1) is 0 Å². The lowest BCUT2D eigenvalue weighted by molar-refractivity contribution is 0.174. The molecule has 0 unspecified atom stereocenters. The molecule has 0 aliphatic carbocycles. The number of fused-ring (bicyclic) bond motifs is 1. The maximum Gasteiger partial charge on any atom is 0.231 e. The number of rotatable bonds is 5. The smallest absolute Gasteiger partial charge is 0.231 e. The lowest BCUT2D eigenvalue weighted by atomic mass is 10.1. The SMILES string of the molecule is c1ccc(-c2ccc(SNCc3ccc4c(c3)OCO4)cc2)cc1. The van der Waals surface area contributed by atoms with Crippen molar-refractivity contribution in [1.29, 1.82) is 0 Å². The standard InChI is InChI=1S/C20H17NO2S/c1-2-4-16(5-3-1)17-7-9-18(10-8-17)24-21-13-15-6-11-19-20(12-15)23-14-22-19/h1-12,21H,13-14H2. The zero-order valence-electron chi connectivity index (χ0n) is 13.1. The first-order valence-corrected chi connectivity index (χ1v) is 8.64. The Morgan fingerprint density at radius 2 is 1.54 bits per heavy atom. The second-order valence-electron chi connectivity index (χ2n) is 5.50. The van der Waals surface area contributed by atoms with Gasteiger partial charge in [-0.3, -0.25) is 4.72 Å². The van der Waals surface area contributed by atoms with Gasteiger partial charge in [-0.1, -0.05) is 48.5 Å². The van der Waals surface area contributed by atoms with Crippen LogP contribution in [0.3, 0.4) is 0 Å². The first-order chi connectivity index (χ1) is 11.9. The summed E-state index contributed by atoms with van der Waals surface area (Å²) in [7, 11) is 0. The van der Waals surface area contributed by atoms with Crippen molar-refractivity contribution in [1.82, 2.24) is 4.72 Å². The highest BCUT2D eigenvalue weighted by Crippen LogP contribution is 2.32. The number of nitrogens with one attached hydrogen (secondary N) is 1. The van der Waals surface area contributed by atoms with Crippen molar-refractivity contribution in [3.05, 3.63) is 78.4 Å². The van der Waals surface area contributed by atoms with Crippen LogP contribution >= 0.6 is 11.9 Å². The fraction of sp³-hybridized carbons (Fsp3) is 0.100. The van der Waals surface area contributed by atoms with E-state index < -0.39 is 0 Å². The van der Waals surface area contributed by atoms with Crippen LogP contribution in [0.1, 0.15) is 5.56 Å². The molecular weight excluding hydrogens is 318 g/mol. The molecule has 1 N–H and O–H groups in total. The number of hydrogen-bond donors (Lipinski definition) is 1. The minimum Gasteiger partial charge on any atom is -0.454 e. The van der Waals surface area contributed by atoms with Crippen molar-refractivity contribution in [3.8, 4) is 22.6 Å². The molecule has 0 saturated heterocycles. The van der Waals surface area contributed by atoms with E-state index in [9.17, 15) is 0 Å². The van der Waals surface area contributed by atoms with E-state index in [-0.39, 0.29) is 0 Å². The summed E-state index contributed by atoms with van der Waals surface area (Å²) in [6.45, 7) is 1.08. The second-order valence-corrected chi connectivity index (χ2v) is 6.47. The summed E-state index contributed by atoms with van der Waals surface area (Å²) in [6, 6.07) is 25.0. The molecule has 0 fully saturated rings. The van der Waals surface area contributed by atoms with Gasteiger partial charge in [0.1, 0.15) is 0 Å². The van der Waals surface area contributed by atoms with Gasteiger partial charge < -0.3 is 9.47 Å². The van der Waals surface area contributed by atoms with Crippen molar-refractivity contribution >= 4 is 11.9 Å². The topological polar surface area (TPSA) is 30.5 Å². The minimum atomic E-state index is 0.314. The quantitative estimate of drug-likeness (QED) is 0.673. The number of ether oxygens (including phenoxy) is 2. The summed E-state index contributed by atoms with van der Waals surface area (Å²) in [6.07, 6.45) is 0. The number of hydrogen-bond acceptors (Lipinski definition) is 4. The molecule has 4 rings (SSSR count). The average Bonchev–Trinajstić information content (AvgIpc) is 3.11. The third kappa shape index (κ3) is 3.40. The van der Waals surface area contributed by atoms with Gasteiger partial charge in [-0.2, -0.15) is 0 Å². The zero-order valence-corrected chi connectivity index (χ0v) is 13.9. The summed E-state index contributed by atoms with van der Waals surface area (Å²) in [5.41, 5.74) is 3.64. The second kappa shape index (κ2) is 6.99. The van der Waals surface area contributed by atoms with Crippen molar-refractivity contribution in [2.45, 2.75) is 11.4 Å². The molecule has 1 heterocycles. The zero-order chi connectivity index (χ0) is 16.2. The molecule has 0 bridgehead atoms. The van der Waals surface area contributed by atoms with Crippen LogP contribution < -0.4 is 14.2 Å². The summed E-state index contributed by atoms with van der Waals surface area (Å²) < 4.78 is 14.1. The molecule has 3 aromatic carbocycles. The molecule has 120 valence electrons. The largest absolute Gasteiger partial charge is 0.454 e. The van der Waals surface area contributed by atoms with Gasteiger partial charge in [-0.05, 0) is 52.9 Å². The van der Waals surface area contributed by atoms with E-state index in [0.29, 0.717) is 6.79 Å². The van der Waals surface area contributed by atoms with Crippen LogP contribution in [-0.4, -0.2) is 6.79 Å². The maximum absolute atomic E-state index is 5.40. The van der Waals surface area contributed by atoms with Crippen LogP contribution in [0.15, 0.2) is 77.7 Å². The summed E-state index contributed by atoms with van der Waals surface area (Å²) >= 11 is 1.63. The highest BCUT2D eigenvalue weighted by molar-refractivity contribution is 7.97. The first-order valence-electron chi connectivity index (χ1n) is 7.82. The van der Waals surface area contributed by atoms with Crippen LogP contribution in [0.5, 0.6) is 11.5 Å². The Morgan fingerprint density at radius 3 is 2.38 bits per heavy atom. The molecule has 3 aromatic rings. The van der Waals surface area contributed by atoms with Gasteiger partial charge in [0.15, 0.2) is 11.5 Å². The normalized spacial score (nSPS) is 12.3. The van der Waals surface area contributed by atoms with Crippen LogP contribution in [0, 0.1) is 0 Å². The Morgan fingerprint density at radius 1 is 0.792 bits per heavy atom. The van der Waals surface area contributed by atoms with E-state index in [2.05, 4.69) is 59.3 Å². The predicted molar refractivity (Wildman–Crippen MR) is 97.1 cm³/mol. The molecule has 0 radical (unpaired) electrons. The van der Waals surface area contributed by atoms with E-state index in [1.54, 1.807) is 11.9 Å². The summed E-state index contributed by atoms with van der Waals surface area (Å²) in [5.74, 6) is 1.65. The maximum atomic E-state index is 5.40. The van der Waals surface area contributed by atoms with Gasteiger partial charge in [0.25, 0.3) is 0 Å². The average molecular weight is 335 g/mol. The molecule has 1 aliphatic heterocycles. The molecule has 0 aromatic heterocycles. The van der Waals surface area contributed by atoms with Gasteiger partial charge in [0, 0.05) is 11.4 Å². The molecule has 4 heteroatoms. The molecule has 0 spiro atoms. The van der Waals surface area contributed by atoms with Crippen molar-refractivity contribution in [2.75, 3.05) is 6.79 Å². The molecule has 0 atom stereocenters. The Labute approximate surface area is 145 Å². The van der Waals surface area contributed by atoms with Gasteiger partial charge in [-0.15, -0.1) is 0 Å². The van der Waals surface area contributed by atoms with E-state index in [1.165, 1.54) is 21.6 Å². The van der Waals surface area contributed by atoms with Gasteiger partial charge >= 0.3 is 0 Å². The molecular formula is C20H17NO2S. The van der Waals surface area contributed by atoms with Crippen LogP contribution in [0.4, 0.5) is 0 Å². The van der Waals surface area contributed by atoms with E-state index in [1.807, 2.05) is 18.2 Å². The van der Waals surface area contributed by atoms with Gasteiger partial charge in [0.2, 0.25) is 6.79 Å². The third-order valence-corrected chi connectivity index (χ3v) is 4.66.